The van der Waals surface area contributed by atoms with Gasteiger partial charge < -0.3 is 11.0 Å². The smallest absolute Gasteiger partial charge is 0.0398 e. The molecule has 3 rings (SSSR count). The first-order valence-electron chi connectivity index (χ1n) is 10.9. The number of rotatable bonds is 0. The summed E-state index contributed by atoms with van der Waals surface area (Å²) in [6.45, 7) is 13.7. The molecular weight excluding hydrogens is 348 g/mol. The Hall–Kier alpha value is -0.900. The van der Waals surface area contributed by atoms with Gasteiger partial charge in [-0.25, -0.2) is 0 Å². The normalized spacial score (nSPS) is 26.2. The Labute approximate surface area is 175 Å². The van der Waals surface area contributed by atoms with Crippen molar-refractivity contribution < 1.29 is 16.4 Å². The van der Waals surface area contributed by atoms with Crippen molar-refractivity contribution in [1.82, 2.24) is 0 Å². The summed E-state index contributed by atoms with van der Waals surface area (Å²) < 4.78 is 0. The molecular formula is C25H49O3. The third-order valence-electron chi connectivity index (χ3n) is 6.07. The molecule has 28 heavy (non-hydrogen) atoms. The van der Waals surface area contributed by atoms with Crippen molar-refractivity contribution in [2.45, 2.75) is 99.3 Å². The molecule has 0 heterocycles. The Morgan fingerprint density at radius 1 is 0.500 bits per heavy atom. The van der Waals surface area contributed by atoms with Gasteiger partial charge in [0.15, 0.2) is 0 Å². The van der Waals surface area contributed by atoms with Gasteiger partial charge in [0.05, 0.1) is 0 Å². The lowest BCUT2D eigenvalue weighted by Crippen LogP contribution is -2.08. The first-order chi connectivity index (χ1) is 11.9. The number of hydrogen-bond acceptors (Lipinski definition) is 0. The number of hydrogen-bond donors (Lipinski definition) is 1. The lowest BCUT2D eigenvalue weighted by Gasteiger charge is -2.22. The van der Waals surface area contributed by atoms with Gasteiger partial charge in [-0.05, 0) is 37.5 Å². The molecule has 2 saturated carbocycles. The van der Waals surface area contributed by atoms with E-state index in [1.54, 1.807) is 0 Å². The van der Waals surface area contributed by atoms with E-state index in [0.29, 0.717) is 0 Å². The van der Waals surface area contributed by atoms with E-state index in [4.69, 9.17) is 0 Å². The molecule has 1 aromatic carbocycles. The van der Waals surface area contributed by atoms with E-state index in [1.165, 1.54) is 68.9 Å². The van der Waals surface area contributed by atoms with Crippen LogP contribution < -0.4 is 0 Å². The van der Waals surface area contributed by atoms with Crippen LogP contribution in [0.4, 0.5) is 0 Å². The molecule has 2 aliphatic carbocycles. The highest BCUT2D eigenvalue weighted by atomic mass is 16.0. The molecule has 0 aromatic heterocycles. The SMILES string of the molecule is CC1CCC(C)CC1.CC1CCCC(C)CC1.Cc1ccc(C)cc1.O.O.[OH]. The molecule has 2 unspecified atom stereocenters. The minimum Gasteiger partial charge on any atom is -0.412 e. The van der Waals surface area contributed by atoms with Crippen molar-refractivity contribution in [1.29, 1.82) is 0 Å². The maximum absolute atomic E-state index is 2.39. The molecule has 0 amide bonds. The van der Waals surface area contributed by atoms with Crippen LogP contribution in [0.1, 0.15) is 96.6 Å². The fourth-order valence-corrected chi connectivity index (χ4v) is 3.74. The molecule has 1 aromatic rings. The number of benzene rings is 1. The maximum atomic E-state index is 2.39. The van der Waals surface area contributed by atoms with Crippen LogP contribution in [0.15, 0.2) is 24.3 Å². The highest BCUT2D eigenvalue weighted by Crippen LogP contribution is 2.27. The predicted octanol–water partition coefficient (Wildman–Crippen LogP) is 6.53. The zero-order valence-electron chi connectivity index (χ0n) is 19.4. The zero-order valence-corrected chi connectivity index (χ0v) is 19.4. The summed E-state index contributed by atoms with van der Waals surface area (Å²) in [6.07, 6.45) is 13.3. The van der Waals surface area contributed by atoms with Gasteiger partial charge in [0, 0.05) is 0 Å². The lowest BCUT2D eigenvalue weighted by molar-refractivity contribution is 0.308. The van der Waals surface area contributed by atoms with Crippen LogP contribution in [0.25, 0.3) is 0 Å². The van der Waals surface area contributed by atoms with Crippen LogP contribution in [0, 0.1) is 37.5 Å². The molecule has 5 N–H and O–H groups in total. The van der Waals surface area contributed by atoms with Gasteiger partial charge in [-0.3, -0.25) is 5.48 Å². The zero-order chi connectivity index (χ0) is 18.7. The second-order valence-electron chi connectivity index (χ2n) is 9.24. The Kier molecular flexibility index (Phi) is 20.6. The first-order valence-corrected chi connectivity index (χ1v) is 10.9. The molecule has 0 bridgehead atoms. The second kappa shape index (κ2) is 18.1. The van der Waals surface area contributed by atoms with Gasteiger partial charge in [0.1, 0.15) is 0 Å². The van der Waals surface area contributed by atoms with Gasteiger partial charge in [0.25, 0.3) is 0 Å². The van der Waals surface area contributed by atoms with Gasteiger partial charge >= 0.3 is 0 Å². The van der Waals surface area contributed by atoms with Gasteiger partial charge in [0.2, 0.25) is 0 Å². The molecule has 3 nitrogen and oxygen atoms in total. The van der Waals surface area contributed by atoms with Crippen molar-refractivity contribution in [3.05, 3.63) is 35.4 Å². The van der Waals surface area contributed by atoms with Gasteiger partial charge in [-0.15, -0.1) is 0 Å². The summed E-state index contributed by atoms with van der Waals surface area (Å²) in [6, 6.07) is 8.48. The minimum absolute atomic E-state index is 0. The van der Waals surface area contributed by atoms with E-state index < -0.39 is 0 Å². The Bertz CT molecular complexity index is 395. The van der Waals surface area contributed by atoms with Crippen molar-refractivity contribution in [2.75, 3.05) is 0 Å². The summed E-state index contributed by atoms with van der Waals surface area (Å²) >= 11 is 0. The van der Waals surface area contributed by atoms with Crippen molar-refractivity contribution in [3.8, 4) is 0 Å². The lowest BCUT2D eigenvalue weighted by atomic mass is 9.84. The quantitative estimate of drug-likeness (QED) is 0.482. The highest BCUT2D eigenvalue weighted by Gasteiger charge is 2.13. The third kappa shape index (κ3) is 16.1. The number of aryl methyl sites for hydroxylation is 2. The predicted molar refractivity (Wildman–Crippen MR) is 123 cm³/mol. The molecule has 2 fully saturated rings. The first kappa shape index (κ1) is 31.8. The monoisotopic (exact) mass is 397 g/mol. The van der Waals surface area contributed by atoms with Gasteiger partial charge in [-0.2, -0.15) is 0 Å². The fourth-order valence-electron chi connectivity index (χ4n) is 3.74. The van der Waals surface area contributed by atoms with E-state index in [-0.39, 0.29) is 16.4 Å². The van der Waals surface area contributed by atoms with Crippen LogP contribution in [0.3, 0.4) is 0 Å². The van der Waals surface area contributed by atoms with Crippen LogP contribution in [-0.2, 0) is 0 Å². The summed E-state index contributed by atoms with van der Waals surface area (Å²) in [7, 11) is 0. The Balaban J connectivity index is -0.000000318. The second-order valence-corrected chi connectivity index (χ2v) is 9.24. The average molecular weight is 398 g/mol. The maximum Gasteiger partial charge on any atom is -0.0398 e. The summed E-state index contributed by atoms with van der Waals surface area (Å²) in [5.74, 6) is 4.06. The highest BCUT2D eigenvalue weighted by molar-refractivity contribution is 5.19. The molecule has 2 aliphatic rings. The Morgan fingerprint density at radius 3 is 0.964 bits per heavy atom. The Morgan fingerprint density at radius 2 is 0.714 bits per heavy atom. The molecule has 0 saturated heterocycles. The average Bonchev–Trinajstić information content (AvgIpc) is 2.78. The van der Waals surface area contributed by atoms with Crippen molar-refractivity contribution in [3.63, 3.8) is 0 Å². The van der Waals surface area contributed by atoms with E-state index in [2.05, 4.69) is 65.8 Å². The van der Waals surface area contributed by atoms with Crippen LogP contribution in [-0.4, -0.2) is 16.4 Å². The molecule has 3 heteroatoms. The van der Waals surface area contributed by atoms with Crippen molar-refractivity contribution >= 4 is 0 Å². The van der Waals surface area contributed by atoms with E-state index in [1.807, 2.05) is 0 Å². The van der Waals surface area contributed by atoms with Crippen LogP contribution in [0.5, 0.6) is 0 Å². The molecule has 0 aliphatic heterocycles. The summed E-state index contributed by atoms with van der Waals surface area (Å²) in [5, 5.41) is 0. The molecule has 1 radical (unpaired) electrons. The summed E-state index contributed by atoms with van der Waals surface area (Å²) in [5.41, 5.74) is 2.66. The molecule has 2 atom stereocenters. The minimum atomic E-state index is 0. The molecule has 0 spiro atoms. The van der Waals surface area contributed by atoms with Gasteiger partial charge in [-0.1, -0.05) is 121 Å². The largest absolute Gasteiger partial charge is 0.412 e. The molecule has 167 valence electrons. The summed E-state index contributed by atoms with van der Waals surface area (Å²) in [4.78, 5) is 0. The third-order valence-corrected chi connectivity index (χ3v) is 6.07. The fraction of sp³-hybridized carbons (Fsp3) is 0.760. The van der Waals surface area contributed by atoms with Crippen molar-refractivity contribution in [2.24, 2.45) is 23.7 Å². The topological polar surface area (TPSA) is 93.0 Å². The van der Waals surface area contributed by atoms with Crippen LogP contribution in [0.2, 0.25) is 0 Å². The van der Waals surface area contributed by atoms with E-state index in [9.17, 15) is 0 Å². The van der Waals surface area contributed by atoms with E-state index >= 15 is 0 Å². The standard InChI is InChI=1S/C9H18.C8H16.C8H10.2H2O.HO/c1-8-4-3-5-9(2)7-6-8;2*1-7-3-5-8(2)6-4-7;;;/h8-9H,3-7H2,1-2H3;7-8H,3-6H2,1-2H3;3-6H,1-2H3;2*1H2;1H. The van der Waals surface area contributed by atoms with E-state index in [0.717, 1.165) is 23.7 Å². The van der Waals surface area contributed by atoms with Crippen LogP contribution >= 0.6 is 0 Å².